The molecule has 0 atom stereocenters. The normalized spacial score (nSPS) is 14.8. The van der Waals surface area contributed by atoms with Gasteiger partial charge in [-0.1, -0.05) is 38.1 Å². The summed E-state index contributed by atoms with van der Waals surface area (Å²) >= 11 is 1.89. The molecule has 124 valence electrons. The monoisotopic (exact) mass is 352 g/mol. The lowest BCUT2D eigenvalue weighted by Crippen LogP contribution is -2.15. The summed E-state index contributed by atoms with van der Waals surface area (Å²) in [5.41, 5.74) is 5.13. The van der Waals surface area contributed by atoms with Crippen LogP contribution in [-0.2, 0) is 5.41 Å². The number of hydrogen-bond acceptors (Lipinski definition) is 3. The van der Waals surface area contributed by atoms with E-state index >= 15 is 0 Å². The third-order valence-corrected chi connectivity index (χ3v) is 6.98. The Morgan fingerprint density at radius 2 is 1.85 bits per heavy atom. The van der Waals surface area contributed by atoms with Crippen LogP contribution >= 0.6 is 11.3 Å². The third-order valence-electron chi connectivity index (χ3n) is 5.78. The van der Waals surface area contributed by atoms with Gasteiger partial charge in [0.25, 0.3) is 0 Å². The number of pyridine rings is 2. The van der Waals surface area contributed by atoms with Crippen LogP contribution in [-0.4, -0.2) is 9.97 Å². The van der Waals surface area contributed by atoms with Crippen molar-refractivity contribution in [1.29, 1.82) is 0 Å². The van der Waals surface area contributed by atoms with Crippen molar-refractivity contribution in [3.8, 4) is 11.3 Å². The molecule has 3 heteroatoms. The molecule has 2 aromatic carbocycles. The summed E-state index contributed by atoms with van der Waals surface area (Å²) in [4.78, 5) is 8.99. The molecule has 1 aliphatic carbocycles. The average Bonchev–Trinajstić information content (AvgIpc) is 3.16. The Kier molecular flexibility index (Phi) is 2.59. The van der Waals surface area contributed by atoms with Gasteiger partial charge < -0.3 is 0 Å². The molecule has 5 aromatic rings. The minimum Gasteiger partial charge on any atom is -0.264 e. The highest BCUT2D eigenvalue weighted by molar-refractivity contribution is 7.26. The van der Waals surface area contributed by atoms with E-state index in [0.29, 0.717) is 0 Å². The van der Waals surface area contributed by atoms with Gasteiger partial charge in [-0.3, -0.25) is 9.97 Å². The smallest absolute Gasteiger partial charge is 0.0746 e. The van der Waals surface area contributed by atoms with E-state index in [4.69, 9.17) is 4.98 Å². The first kappa shape index (κ1) is 14.4. The maximum atomic E-state index is 4.71. The van der Waals surface area contributed by atoms with Gasteiger partial charge in [0.05, 0.1) is 5.69 Å². The first-order valence-electron chi connectivity index (χ1n) is 8.84. The minimum absolute atomic E-state index is 0.0420. The lowest BCUT2D eigenvalue weighted by atomic mass is 9.80. The van der Waals surface area contributed by atoms with E-state index < -0.39 is 0 Å². The van der Waals surface area contributed by atoms with Crippen LogP contribution in [0.2, 0.25) is 0 Å². The summed E-state index contributed by atoms with van der Waals surface area (Å²) in [6.07, 6.45) is 5.74. The number of aromatic nitrogens is 2. The van der Waals surface area contributed by atoms with Gasteiger partial charge in [-0.15, -0.1) is 11.3 Å². The fraction of sp³-hybridized carbons (Fsp3) is 0.130. The Labute approximate surface area is 155 Å². The van der Waals surface area contributed by atoms with Crippen molar-refractivity contribution in [2.24, 2.45) is 0 Å². The van der Waals surface area contributed by atoms with Crippen molar-refractivity contribution in [2.45, 2.75) is 19.3 Å². The van der Waals surface area contributed by atoms with Crippen LogP contribution in [0.5, 0.6) is 0 Å². The molecule has 0 fully saturated rings. The molecule has 0 saturated heterocycles. The highest BCUT2D eigenvalue weighted by atomic mass is 32.1. The lowest BCUT2D eigenvalue weighted by molar-refractivity contribution is 0.665. The molecule has 0 N–H and O–H groups in total. The fourth-order valence-electron chi connectivity index (χ4n) is 4.60. The zero-order valence-electron chi connectivity index (χ0n) is 14.6. The van der Waals surface area contributed by atoms with Crippen molar-refractivity contribution in [3.05, 3.63) is 72.2 Å². The van der Waals surface area contributed by atoms with Gasteiger partial charge in [0.2, 0.25) is 0 Å². The molecule has 2 nitrogen and oxygen atoms in total. The maximum Gasteiger partial charge on any atom is 0.0746 e. The molecule has 3 heterocycles. The van der Waals surface area contributed by atoms with Gasteiger partial charge in [0.15, 0.2) is 0 Å². The summed E-state index contributed by atoms with van der Waals surface area (Å²) < 4.78 is 2.71. The third kappa shape index (κ3) is 1.62. The summed E-state index contributed by atoms with van der Waals surface area (Å²) in [6, 6.07) is 15.4. The second kappa shape index (κ2) is 4.68. The van der Waals surface area contributed by atoms with E-state index in [-0.39, 0.29) is 5.41 Å². The molecule has 0 spiro atoms. The predicted octanol–water partition coefficient (Wildman–Crippen LogP) is 6.30. The van der Waals surface area contributed by atoms with Crippen LogP contribution in [0.4, 0.5) is 0 Å². The van der Waals surface area contributed by atoms with Crippen molar-refractivity contribution in [3.63, 3.8) is 0 Å². The SMILES string of the molecule is CC1(C)c2cccnc2-c2ccc3sc4c5ccncc5ccc4c3c21. The lowest BCUT2D eigenvalue weighted by Gasteiger charge is -2.22. The Balaban J connectivity index is 1.84. The standard InChI is InChI=1S/C23H16N2S/c1-23(2)17-4-3-10-25-21(17)16-7-8-18-19(20(16)23)15-6-5-13-12-24-11-9-14(13)22(15)26-18/h3-12H,1-2H3. The molecular weight excluding hydrogens is 336 g/mol. The Bertz CT molecular complexity index is 1360. The summed E-state index contributed by atoms with van der Waals surface area (Å²) in [6.45, 7) is 4.65. The van der Waals surface area contributed by atoms with E-state index in [9.17, 15) is 0 Å². The zero-order chi connectivity index (χ0) is 17.5. The predicted molar refractivity (Wildman–Crippen MR) is 110 cm³/mol. The molecule has 0 saturated carbocycles. The van der Waals surface area contributed by atoms with Crippen molar-refractivity contribution >= 4 is 42.3 Å². The van der Waals surface area contributed by atoms with E-state index in [2.05, 4.69) is 61.3 Å². The number of hydrogen-bond donors (Lipinski definition) is 0. The first-order chi connectivity index (χ1) is 12.7. The minimum atomic E-state index is -0.0420. The topological polar surface area (TPSA) is 25.8 Å². The van der Waals surface area contributed by atoms with E-state index in [1.807, 2.05) is 29.9 Å². The molecule has 3 aromatic heterocycles. The van der Waals surface area contributed by atoms with Gasteiger partial charge >= 0.3 is 0 Å². The van der Waals surface area contributed by atoms with E-state index in [1.165, 1.54) is 47.6 Å². The molecule has 26 heavy (non-hydrogen) atoms. The van der Waals surface area contributed by atoms with Crippen LogP contribution in [0.15, 0.2) is 61.1 Å². The number of thiophene rings is 1. The van der Waals surface area contributed by atoms with Gasteiger partial charge in [-0.25, -0.2) is 0 Å². The van der Waals surface area contributed by atoms with E-state index in [1.54, 1.807) is 0 Å². The zero-order valence-corrected chi connectivity index (χ0v) is 15.4. The summed E-state index contributed by atoms with van der Waals surface area (Å²) in [7, 11) is 0. The second-order valence-corrected chi connectivity index (χ2v) is 8.58. The van der Waals surface area contributed by atoms with Gasteiger partial charge in [-0.05, 0) is 29.3 Å². The Morgan fingerprint density at radius 1 is 0.923 bits per heavy atom. The van der Waals surface area contributed by atoms with Crippen molar-refractivity contribution in [2.75, 3.05) is 0 Å². The van der Waals surface area contributed by atoms with Gasteiger partial charge in [0, 0.05) is 60.5 Å². The highest BCUT2D eigenvalue weighted by Gasteiger charge is 2.38. The maximum absolute atomic E-state index is 4.71. The molecule has 6 rings (SSSR count). The number of nitrogens with zero attached hydrogens (tertiary/aromatic N) is 2. The Morgan fingerprint density at radius 3 is 2.77 bits per heavy atom. The van der Waals surface area contributed by atoms with Crippen molar-refractivity contribution < 1.29 is 0 Å². The van der Waals surface area contributed by atoms with Crippen LogP contribution in [0, 0.1) is 0 Å². The quantitative estimate of drug-likeness (QED) is 0.327. The van der Waals surface area contributed by atoms with Crippen LogP contribution in [0.3, 0.4) is 0 Å². The molecule has 0 amide bonds. The fourth-order valence-corrected chi connectivity index (χ4v) is 5.84. The number of benzene rings is 2. The van der Waals surface area contributed by atoms with E-state index in [0.717, 1.165) is 5.69 Å². The summed E-state index contributed by atoms with van der Waals surface area (Å²) in [5.74, 6) is 0. The molecule has 0 unspecified atom stereocenters. The Hall–Kier alpha value is -2.78. The van der Waals surface area contributed by atoms with Gasteiger partial charge in [0.1, 0.15) is 0 Å². The largest absolute Gasteiger partial charge is 0.264 e. The summed E-state index contributed by atoms with van der Waals surface area (Å²) in [5, 5.41) is 5.23. The average molecular weight is 352 g/mol. The number of fused-ring (bicyclic) bond motifs is 9. The molecular formula is C23H16N2S. The van der Waals surface area contributed by atoms with Gasteiger partial charge in [-0.2, -0.15) is 0 Å². The van der Waals surface area contributed by atoms with Crippen molar-refractivity contribution in [1.82, 2.24) is 9.97 Å². The van der Waals surface area contributed by atoms with Crippen LogP contribution < -0.4 is 0 Å². The number of rotatable bonds is 0. The highest BCUT2D eigenvalue weighted by Crippen LogP contribution is 2.53. The molecule has 0 radical (unpaired) electrons. The molecule has 1 aliphatic rings. The molecule has 0 aliphatic heterocycles. The first-order valence-corrected chi connectivity index (χ1v) is 9.66. The van der Waals surface area contributed by atoms with Crippen LogP contribution in [0.1, 0.15) is 25.0 Å². The van der Waals surface area contributed by atoms with Crippen LogP contribution in [0.25, 0.3) is 42.2 Å². The second-order valence-electron chi connectivity index (χ2n) is 7.53. The molecule has 0 bridgehead atoms.